The van der Waals surface area contributed by atoms with E-state index in [1.165, 1.54) is 10.7 Å². The standard InChI is InChI=1S/C20H17F3N4O/c21-20(22,23)17-8-4-7-15(10-17)12-27-13-18(25-26-27)11-16(19(24)28)9-14-5-2-1-3-6-14/h1-10,13H,11-12H2,(H2,24,28). The molecule has 0 aliphatic carbocycles. The fraction of sp³-hybridized carbons (Fsp3) is 0.150. The number of benzene rings is 2. The lowest BCUT2D eigenvalue weighted by molar-refractivity contribution is -0.137. The monoisotopic (exact) mass is 386 g/mol. The van der Waals surface area contributed by atoms with Crippen LogP contribution in [-0.4, -0.2) is 20.9 Å². The molecule has 0 saturated carbocycles. The molecule has 0 bridgehead atoms. The quantitative estimate of drug-likeness (QED) is 0.660. The van der Waals surface area contributed by atoms with Crippen LogP contribution in [0.4, 0.5) is 13.2 Å². The number of rotatable bonds is 6. The van der Waals surface area contributed by atoms with Crippen molar-refractivity contribution in [2.45, 2.75) is 19.1 Å². The third-order valence-electron chi connectivity index (χ3n) is 4.01. The third-order valence-corrected chi connectivity index (χ3v) is 4.01. The maximum atomic E-state index is 12.8. The molecule has 28 heavy (non-hydrogen) atoms. The van der Waals surface area contributed by atoms with E-state index in [0.29, 0.717) is 16.8 Å². The van der Waals surface area contributed by atoms with Gasteiger partial charge in [0.05, 0.1) is 17.8 Å². The van der Waals surface area contributed by atoms with Gasteiger partial charge in [0.15, 0.2) is 0 Å². The Bertz CT molecular complexity index is 994. The minimum absolute atomic E-state index is 0.130. The number of halogens is 3. The van der Waals surface area contributed by atoms with E-state index in [2.05, 4.69) is 10.3 Å². The average Bonchev–Trinajstić information content (AvgIpc) is 3.08. The number of carbonyl (C=O) groups excluding carboxylic acids is 1. The smallest absolute Gasteiger partial charge is 0.366 e. The number of nitrogens with zero attached hydrogens (tertiary/aromatic N) is 3. The lowest BCUT2D eigenvalue weighted by Gasteiger charge is -2.08. The SMILES string of the molecule is NC(=O)C(=Cc1ccccc1)Cc1cn(Cc2cccc(C(F)(F)F)c2)nn1. The topological polar surface area (TPSA) is 73.8 Å². The molecule has 2 aromatic carbocycles. The summed E-state index contributed by atoms with van der Waals surface area (Å²) in [5.74, 6) is -0.573. The molecule has 5 nitrogen and oxygen atoms in total. The van der Waals surface area contributed by atoms with Crippen molar-refractivity contribution in [2.24, 2.45) is 5.73 Å². The van der Waals surface area contributed by atoms with Crippen molar-refractivity contribution < 1.29 is 18.0 Å². The highest BCUT2D eigenvalue weighted by molar-refractivity contribution is 5.96. The van der Waals surface area contributed by atoms with Gasteiger partial charge in [0.1, 0.15) is 0 Å². The molecule has 144 valence electrons. The largest absolute Gasteiger partial charge is 0.416 e. The molecule has 0 aliphatic heterocycles. The van der Waals surface area contributed by atoms with Gasteiger partial charge in [-0.05, 0) is 29.3 Å². The van der Waals surface area contributed by atoms with Crippen LogP contribution < -0.4 is 5.73 Å². The lowest BCUT2D eigenvalue weighted by Crippen LogP contribution is -2.15. The third kappa shape index (κ3) is 5.06. The minimum atomic E-state index is -4.40. The van der Waals surface area contributed by atoms with E-state index in [9.17, 15) is 18.0 Å². The highest BCUT2D eigenvalue weighted by atomic mass is 19.4. The zero-order valence-corrected chi connectivity index (χ0v) is 14.7. The molecule has 0 unspecified atom stereocenters. The highest BCUT2D eigenvalue weighted by Crippen LogP contribution is 2.29. The second-order valence-corrected chi connectivity index (χ2v) is 6.23. The molecule has 0 fully saturated rings. The Morgan fingerprint density at radius 2 is 1.86 bits per heavy atom. The molecule has 0 saturated heterocycles. The predicted octanol–water partition coefficient (Wildman–Crippen LogP) is 3.46. The van der Waals surface area contributed by atoms with Crippen LogP contribution in [0.3, 0.4) is 0 Å². The van der Waals surface area contributed by atoms with Crippen LogP contribution >= 0.6 is 0 Å². The zero-order chi connectivity index (χ0) is 20.1. The van der Waals surface area contributed by atoms with Crippen molar-refractivity contribution in [3.8, 4) is 0 Å². The van der Waals surface area contributed by atoms with Crippen LogP contribution in [-0.2, 0) is 23.9 Å². The van der Waals surface area contributed by atoms with E-state index in [1.54, 1.807) is 18.3 Å². The van der Waals surface area contributed by atoms with Gasteiger partial charge in [-0.3, -0.25) is 4.79 Å². The number of hydrogen-bond acceptors (Lipinski definition) is 3. The molecule has 8 heteroatoms. The number of primary amides is 1. The van der Waals surface area contributed by atoms with Crippen molar-refractivity contribution in [1.29, 1.82) is 0 Å². The Labute approximate surface area is 159 Å². The summed E-state index contributed by atoms with van der Waals surface area (Å²) in [6.07, 6.45) is -0.967. The van der Waals surface area contributed by atoms with E-state index in [0.717, 1.165) is 17.7 Å². The molecule has 2 N–H and O–H groups in total. The van der Waals surface area contributed by atoms with Gasteiger partial charge in [0.2, 0.25) is 5.91 Å². The molecule has 1 amide bonds. The molecule has 0 radical (unpaired) electrons. The molecule has 3 aromatic rings. The summed E-state index contributed by atoms with van der Waals surface area (Å²) in [5.41, 5.74) is 6.86. The van der Waals surface area contributed by atoms with E-state index in [-0.39, 0.29) is 13.0 Å². The maximum Gasteiger partial charge on any atom is 0.416 e. The Kier molecular flexibility index (Phi) is 5.58. The van der Waals surface area contributed by atoms with Crippen molar-refractivity contribution >= 4 is 12.0 Å². The van der Waals surface area contributed by atoms with Crippen LogP contribution in [0.1, 0.15) is 22.4 Å². The first kappa shape index (κ1) is 19.3. The van der Waals surface area contributed by atoms with Crippen LogP contribution in [0.2, 0.25) is 0 Å². The van der Waals surface area contributed by atoms with Crippen LogP contribution in [0, 0.1) is 0 Å². The first-order valence-corrected chi connectivity index (χ1v) is 8.42. The van der Waals surface area contributed by atoms with Gasteiger partial charge in [0, 0.05) is 18.2 Å². The van der Waals surface area contributed by atoms with E-state index >= 15 is 0 Å². The second-order valence-electron chi connectivity index (χ2n) is 6.23. The Morgan fingerprint density at radius 1 is 1.11 bits per heavy atom. The summed E-state index contributed by atoms with van der Waals surface area (Å²) in [7, 11) is 0. The van der Waals surface area contributed by atoms with Crippen LogP contribution in [0.15, 0.2) is 66.4 Å². The van der Waals surface area contributed by atoms with Gasteiger partial charge in [0.25, 0.3) is 0 Å². The van der Waals surface area contributed by atoms with E-state index < -0.39 is 17.6 Å². The van der Waals surface area contributed by atoms with Gasteiger partial charge in [-0.1, -0.05) is 47.7 Å². The summed E-state index contributed by atoms with van der Waals surface area (Å²) in [6, 6.07) is 14.3. The Hall–Kier alpha value is -3.42. The second kappa shape index (κ2) is 8.08. The van der Waals surface area contributed by atoms with Crippen LogP contribution in [0.5, 0.6) is 0 Å². The lowest BCUT2D eigenvalue weighted by atomic mass is 10.1. The number of amides is 1. The highest BCUT2D eigenvalue weighted by Gasteiger charge is 2.30. The minimum Gasteiger partial charge on any atom is -0.366 e. The summed E-state index contributed by atoms with van der Waals surface area (Å²) >= 11 is 0. The molecule has 1 heterocycles. The fourth-order valence-corrected chi connectivity index (χ4v) is 2.68. The van der Waals surface area contributed by atoms with Crippen LogP contribution in [0.25, 0.3) is 6.08 Å². The van der Waals surface area contributed by atoms with Gasteiger partial charge in [-0.2, -0.15) is 13.2 Å². The molecule has 1 aromatic heterocycles. The number of nitrogens with two attached hydrogens (primary N) is 1. The normalized spacial score (nSPS) is 12.2. The number of aromatic nitrogens is 3. The van der Waals surface area contributed by atoms with Crippen molar-refractivity contribution in [3.05, 3.63) is 88.8 Å². The molecule has 0 aliphatic rings. The van der Waals surface area contributed by atoms with Gasteiger partial charge < -0.3 is 5.73 Å². The van der Waals surface area contributed by atoms with E-state index in [1.807, 2.05) is 30.3 Å². The first-order chi connectivity index (χ1) is 13.3. The van der Waals surface area contributed by atoms with Gasteiger partial charge >= 0.3 is 6.18 Å². The van der Waals surface area contributed by atoms with Gasteiger partial charge in [-0.15, -0.1) is 5.10 Å². The van der Waals surface area contributed by atoms with Gasteiger partial charge in [-0.25, -0.2) is 4.68 Å². The molecule has 0 spiro atoms. The molecular weight excluding hydrogens is 369 g/mol. The molecular formula is C20H17F3N4O. The first-order valence-electron chi connectivity index (χ1n) is 8.42. The van der Waals surface area contributed by atoms with Crippen molar-refractivity contribution in [1.82, 2.24) is 15.0 Å². The zero-order valence-electron chi connectivity index (χ0n) is 14.7. The summed E-state index contributed by atoms with van der Waals surface area (Å²) in [6.45, 7) is 0.130. The average molecular weight is 386 g/mol. The van der Waals surface area contributed by atoms with Crippen molar-refractivity contribution in [2.75, 3.05) is 0 Å². The Balaban J connectivity index is 1.75. The summed E-state index contributed by atoms with van der Waals surface area (Å²) < 4.78 is 39.9. The summed E-state index contributed by atoms with van der Waals surface area (Å²) in [4.78, 5) is 11.7. The predicted molar refractivity (Wildman–Crippen MR) is 97.9 cm³/mol. The number of hydrogen-bond donors (Lipinski definition) is 1. The maximum absolute atomic E-state index is 12.8. The number of carbonyl (C=O) groups is 1. The van der Waals surface area contributed by atoms with Crippen molar-refractivity contribution in [3.63, 3.8) is 0 Å². The van der Waals surface area contributed by atoms with E-state index in [4.69, 9.17) is 5.73 Å². The summed E-state index contributed by atoms with van der Waals surface area (Å²) in [5, 5.41) is 7.92. The number of alkyl halides is 3. The molecule has 0 atom stereocenters. The fourth-order valence-electron chi connectivity index (χ4n) is 2.68. The molecule has 3 rings (SSSR count). The Morgan fingerprint density at radius 3 is 2.54 bits per heavy atom.